The van der Waals surface area contributed by atoms with E-state index in [0.717, 1.165) is 6.92 Å². The Labute approximate surface area is 128 Å². The molecule has 0 bridgehead atoms. The Morgan fingerprint density at radius 3 is 1.17 bits per heavy atom. The molecule has 2 aromatic rings. The maximum atomic E-state index is 8.89. The van der Waals surface area contributed by atoms with Crippen molar-refractivity contribution in [3.05, 3.63) is 48.5 Å². The molecule has 0 amide bonds. The van der Waals surface area contributed by atoms with Crippen LogP contribution < -0.4 is 34.7 Å². The molecule has 6 N–H and O–H groups in total. The number of carboxylic acids is 1. The van der Waals surface area contributed by atoms with Crippen LogP contribution in [0.3, 0.4) is 0 Å². The molecule has 0 aliphatic rings. The van der Waals surface area contributed by atoms with Crippen molar-refractivity contribution in [2.75, 3.05) is 0 Å². The molecule has 18 heavy (non-hydrogen) atoms. The Balaban J connectivity index is -0.000000111. The van der Waals surface area contributed by atoms with E-state index in [4.69, 9.17) is 9.90 Å². The molecule has 2 rings (SSSR count). The zero-order chi connectivity index (χ0) is 10.4. The maximum Gasteiger partial charge on any atom is 1.00 e. The van der Waals surface area contributed by atoms with Crippen molar-refractivity contribution in [3.8, 4) is 0 Å². The Morgan fingerprint density at radius 1 is 0.833 bits per heavy atom. The van der Waals surface area contributed by atoms with Gasteiger partial charge in [-0.2, -0.15) is 0 Å². The number of carbonyl (C=O) groups excluding carboxylic acids is 1. The molecular formula is C12H17NaO5. The number of carboxylic acid groups (broad SMARTS) is 1. The Morgan fingerprint density at radius 2 is 1.00 bits per heavy atom. The number of hydrogen-bond donors (Lipinski definition) is 0. The van der Waals surface area contributed by atoms with Crippen molar-refractivity contribution < 1.29 is 55.9 Å². The van der Waals surface area contributed by atoms with Crippen LogP contribution in [0.25, 0.3) is 10.8 Å². The summed E-state index contributed by atoms with van der Waals surface area (Å²) >= 11 is 0. The molecule has 0 aliphatic heterocycles. The quantitative estimate of drug-likeness (QED) is 0.450. The van der Waals surface area contributed by atoms with Crippen LogP contribution in [0.2, 0.25) is 0 Å². The summed E-state index contributed by atoms with van der Waals surface area (Å²) in [5.41, 5.74) is 0. The predicted octanol–water partition coefficient (Wildman–Crippen LogP) is -3.87. The van der Waals surface area contributed by atoms with Gasteiger partial charge < -0.3 is 26.3 Å². The van der Waals surface area contributed by atoms with Crippen LogP contribution in [0.15, 0.2) is 48.5 Å². The smallest absolute Gasteiger partial charge is 0.550 e. The van der Waals surface area contributed by atoms with Gasteiger partial charge >= 0.3 is 29.6 Å². The molecular weight excluding hydrogens is 247 g/mol. The summed E-state index contributed by atoms with van der Waals surface area (Å²) in [5, 5.41) is 11.5. The molecule has 2 aromatic carbocycles. The minimum Gasteiger partial charge on any atom is -0.550 e. The van der Waals surface area contributed by atoms with Crippen molar-refractivity contribution in [3.63, 3.8) is 0 Å². The fraction of sp³-hybridized carbons (Fsp3) is 0.0833. The van der Waals surface area contributed by atoms with E-state index in [1.807, 2.05) is 0 Å². The van der Waals surface area contributed by atoms with E-state index >= 15 is 0 Å². The molecule has 0 aromatic heterocycles. The molecule has 0 saturated carbocycles. The first kappa shape index (κ1) is 25.8. The number of fused-ring (bicyclic) bond motifs is 1. The number of aliphatic carboxylic acids is 1. The third kappa shape index (κ3) is 10.2. The molecule has 0 atom stereocenters. The molecule has 6 heteroatoms. The SMILES string of the molecule is CC(=O)[O-].O.O.O.[Na+].c1ccc2ccccc2c1. The van der Waals surface area contributed by atoms with E-state index in [-0.39, 0.29) is 46.0 Å². The summed E-state index contributed by atoms with van der Waals surface area (Å²) < 4.78 is 0. The molecule has 0 heterocycles. The number of benzene rings is 2. The van der Waals surface area contributed by atoms with E-state index in [2.05, 4.69) is 48.5 Å². The molecule has 0 spiro atoms. The zero-order valence-corrected chi connectivity index (χ0v) is 12.4. The van der Waals surface area contributed by atoms with E-state index in [1.54, 1.807) is 0 Å². The predicted molar refractivity (Wildman–Crippen MR) is 65.5 cm³/mol. The maximum absolute atomic E-state index is 8.89. The van der Waals surface area contributed by atoms with Crippen LogP contribution in [0.5, 0.6) is 0 Å². The van der Waals surface area contributed by atoms with Gasteiger partial charge in [0.05, 0.1) is 0 Å². The number of hydrogen-bond acceptors (Lipinski definition) is 2. The van der Waals surface area contributed by atoms with Gasteiger partial charge in [-0.05, 0) is 17.7 Å². The van der Waals surface area contributed by atoms with Gasteiger partial charge in [0.2, 0.25) is 0 Å². The topological polar surface area (TPSA) is 135 Å². The van der Waals surface area contributed by atoms with Gasteiger partial charge in [0.1, 0.15) is 0 Å². The second-order valence-corrected chi connectivity index (χ2v) is 2.84. The van der Waals surface area contributed by atoms with Crippen molar-refractivity contribution in [1.29, 1.82) is 0 Å². The molecule has 96 valence electrons. The van der Waals surface area contributed by atoms with Crippen LogP contribution in [0, 0.1) is 0 Å². The second-order valence-electron chi connectivity index (χ2n) is 2.84. The van der Waals surface area contributed by atoms with Gasteiger partial charge in [-0.25, -0.2) is 0 Å². The van der Waals surface area contributed by atoms with Crippen LogP contribution in [-0.2, 0) is 4.79 Å². The summed E-state index contributed by atoms with van der Waals surface area (Å²) in [6.45, 7) is 0.972. The molecule has 5 nitrogen and oxygen atoms in total. The van der Waals surface area contributed by atoms with Crippen molar-refractivity contribution >= 4 is 16.7 Å². The first-order valence-corrected chi connectivity index (χ1v) is 4.31. The van der Waals surface area contributed by atoms with Gasteiger partial charge in [0.25, 0.3) is 0 Å². The van der Waals surface area contributed by atoms with Gasteiger partial charge in [-0.3, -0.25) is 0 Å². The fourth-order valence-electron chi connectivity index (χ4n) is 1.13. The summed E-state index contributed by atoms with van der Waals surface area (Å²) in [6.07, 6.45) is 0. The largest absolute Gasteiger partial charge is 1.00 e. The number of carbonyl (C=O) groups is 1. The van der Waals surface area contributed by atoms with Gasteiger partial charge in [0, 0.05) is 5.97 Å². The van der Waals surface area contributed by atoms with E-state index < -0.39 is 5.97 Å². The normalized spacial score (nSPS) is 6.94. The summed E-state index contributed by atoms with van der Waals surface area (Å²) in [5.74, 6) is -1.08. The Kier molecular flexibility index (Phi) is 20.2. The fourth-order valence-corrected chi connectivity index (χ4v) is 1.13. The zero-order valence-electron chi connectivity index (χ0n) is 10.4. The van der Waals surface area contributed by atoms with Crippen molar-refractivity contribution in [2.24, 2.45) is 0 Å². The van der Waals surface area contributed by atoms with Gasteiger partial charge in [-0.1, -0.05) is 48.5 Å². The third-order valence-electron chi connectivity index (χ3n) is 1.66. The standard InChI is InChI=1S/C10H8.C2H4O2.Na.3H2O/c1-2-6-10-8-4-3-7-9(10)5-1;1-2(3)4;;;;/h1-8H;1H3,(H,3,4);;3*1H2/q;;+1;;;/p-1. The molecule has 0 aliphatic carbocycles. The van der Waals surface area contributed by atoms with Gasteiger partial charge in [-0.15, -0.1) is 0 Å². The summed E-state index contributed by atoms with van der Waals surface area (Å²) in [6, 6.07) is 16.7. The summed E-state index contributed by atoms with van der Waals surface area (Å²) in [7, 11) is 0. The number of rotatable bonds is 0. The van der Waals surface area contributed by atoms with Crippen LogP contribution in [0.1, 0.15) is 6.92 Å². The second kappa shape index (κ2) is 14.1. The molecule has 0 fully saturated rings. The molecule has 0 unspecified atom stereocenters. The minimum absolute atomic E-state index is 0. The van der Waals surface area contributed by atoms with Gasteiger partial charge in [0.15, 0.2) is 0 Å². The molecule has 0 saturated heterocycles. The van der Waals surface area contributed by atoms with E-state index in [1.165, 1.54) is 10.8 Å². The third-order valence-corrected chi connectivity index (χ3v) is 1.66. The van der Waals surface area contributed by atoms with Crippen LogP contribution >= 0.6 is 0 Å². The van der Waals surface area contributed by atoms with Crippen LogP contribution in [0.4, 0.5) is 0 Å². The van der Waals surface area contributed by atoms with Crippen molar-refractivity contribution in [2.45, 2.75) is 6.92 Å². The molecule has 0 radical (unpaired) electrons. The Hall–Kier alpha value is -0.950. The Bertz CT molecular complexity index is 364. The van der Waals surface area contributed by atoms with Crippen molar-refractivity contribution in [1.82, 2.24) is 0 Å². The van der Waals surface area contributed by atoms with Crippen LogP contribution in [-0.4, -0.2) is 22.4 Å². The van der Waals surface area contributed by atoms with E-state index in [0.29, 0.717) is 0 Å². The first-order valence-electron chi connectivity index (χ1n) is 4.31. The average Bonchev–Trinajstić information content (AvgIpc) is 2.17. The first-order chi connectivity index (χ1) is 6.70. The monoisotopic (exact) mass is 264 g/mol. The summed E-state index contributed by atoms with van der Waals surface area (Å²) in [4.78, 5) is 8.89. The van der Waals surface area contributed by atoms with E-state index in [9.17, 15) is 0 Å². The minimum atomic E-state index is -1.08. The average molecular weight is 264 g/mol.